The van der Waals surface area contributed by atoms with Crippen LogP contribution >= 0.6 is 23.2 Å². The molecule has 4 rings (SSSR count). The Morgan fingerprint density at radius 2 is 1.73 bits per heavy atom. The molecule has 2 heterocycles. The van der Waals surface area contributed by atoms with E-state index in [-0.39, 0.29) is 21.9 Å². The third-order valence-electron chi connectivity index (χ3n) is 5.89. The Kier molecular flexibility index (Phi) is 7.34. The van der Waals surface area contributed by atoms with Gasteiger partial charge in [0.15, 0.2) is 0 Å². The second-order valence-corrected chi connectivity index (χ2v) is 8.79. The second-order valence-electron chi connectivity index (χ2n) is 7.98. The predicted molar refractivity (Wildman–Crippen MR) is 124 cm³/mol. The van der Waals surface area contributed by atoms with Gasteiger partial charge in [-0.1, -0.05) is 29.3 Å². The number of ketones is 1. The van der Waals surface area contributed by atoms with Gasteiger partial charge in [-0.05, 0) is 48.4 Å². The maximum absolute atomic E-state index is 13.4. The average molecular weight is 493 g/mol. The quantitative estimate of drug-likeness (QED) is 0.370. The van der Waals surface area contributed by atoms with E-state index in [0.717, 1.165) is 19.6 Å². The smallest absolute Gasteiger partial charge is 0.295 e. The SMILES string of the molecule is O=C1C(=O)N(CCCN2CCOCC2)[C@@H](c2ccc(Cl)c(Cl)c2)C1=C(O)c1ccc(F)cc1. The molecule has 0 aliphatic carbocycles. The van der Waals surface area contributed by atoms with E-state index in [1.807, 2.05) is 0 Å². The largest absolute Gasteiger partial charge is 0.507 e. The minimum Gasteiger partial charge on any atom is -0.507 e. The molecule has 2 aromatic rings. The van der Waals surface area contributed by atoms with Gasteiger partial charge in [-0.15, -0.1) is 0 Å². The third-order valence-corrected chi connectivity index (χ3v) is 6.63. The normalized spacial score (nSPS) is 21.1. The lowest BCUT2D eigenvalue weighted by Crippen LogP contribution is -2.38. The van der Waals surface area contributed by atoms with Crippen LogP contribution in [0, 0.1) is 5.82 Å². The van der Waals surface area contributed by atoms with Crippen LogP contribution in [0.1, 0.15) is 23.6 Å². The summed E-state index contributed by atoms with van der Waals surface area (Å²) in [6.07, 6.45) is 0.640. The number of ether oxygens (including phenoxy) is 1. The zero-order valence-electron chi connectivity index (χ0n) is 17.8. The summed E-state index contributed by atoms with van der Waals surface area (Å²) in [5, 5.41) is 11.6. The first-order valence-corrected chi connectivity index (χ1v) is 11.4. The summed E-state index contributed by atoms with van der Waals surface area (Å²) in [4.78, 5) is 29.7. The highest BCUT2D eigenvalue weighted by Crippen LogP contribution is 2.41. The molecular weight excluding hydrogens is 470 g/mol. The van der Waals surface area contributed by atoms with Gasteiger partial charge in [0, 0.05) is 31.7 Å². The van der Waals surface area contributed by atoms with Crippen LogP contribution in [0.3, 0.4) is 0 Å². The van der Waals surface area contributed by atoms with Crippen LogP contribution in [-0.2, 0) is 14.3 Å². The van der Waals surface area contributed by atoms with Gasteiger partial charge in [0.05, 0.1) is 34.9 Å². The number of morpholine rings is 1. The molecule has 2 aliphatic heterocycles. The highest BCUT2D eigenvalue weighted by Gasteiger charge is 2.46. The molecule has 0 aromatic heterocycles. The highest BCUT2D eigenvalue weighted by atomic mass is 35.5. The molecule has 174 valence electrons. The summed E-state index contributed by atoms with van der Waals surface area (Å²) < 4.78 is 18.7. The van der Waals surface area contributed by atoms with Crippen LogP contribution in [0.5, 0.6) is 0 Å². The summed E-state index contributed by atoms with van der Waals surface area (Å²) in [5.74, 6) is -2.33. The molecule has 0 unspecified atom stereocenters. The van der Waals surface area contributed by atoms with Crippen molar-refractivity contribution in [1.29, 1.82) is 0 Å². The maximum atomic E-state index is 13.4. The van der Waals surface area contributed by atoms with Crippen LogP contribution in [-0.4, -0.2) is 66.0 Å². The molecule has 2 aromatic carbocycles. The minimum absolute atomic E-state index is 0.0589. The van der Waals surface area contributed by atoms with E-state index < -0.39 is 23.5 Å². The fourth-order valence-corrected chi connectivity index (χ4v) is 4.50. The first-order chi connectivity index (χ1) is 15.9. The second kappa shape index (κ2) is 10.2. The van der Waals surface area contributed by atoms with Gasteiger partial charge in [0.2, 0.25) is 0 Å². The fourth-order valence-electron chi connectivity index (χ4n) is 4.19. The molecule has 2 saturated heterocycles. The van der Waals surface area contributed by atoms with Crippen molar-refractivity contribution in [3.8, 4) is 0 Å². The summed E-state index contributed by atoms with van der Waals surface area (Å²) in [7, 11) is 0. The van der Waals surface area contributed by atoms with Gasteiger partial charge in [0.25, 0.3) is 11.7 Å². The number of rotatable bonds is 6. The maximum Gasteiger partial charge on any atom is 0.295 e. The Bertz CT molecular complexity index is 1080. The zero-order valence-corrected chi connectivity index (χ0v) is 19.3. The van der Waals surface area contributed by atoms with E-state index >= 15 is 0 Å². The van der Waals surface area contributed by atoms with E-state index in [1.54, 1.807) is 18.2 Å². The monoisotopic (exact) mass is 492 g/mol. The number of benzene rings is 2. The number of hydrogen-bond acceptors (Lipinski definition) is 5. The summed E-state index contributed by atoms with van der Waals surface area (Å²) in [6, 6.07) is 9.11. The van der Waals surface area contributed by atoms with Gasteiger partial charge >= 0.3 is 0 Å². The first-order valence-electron chi connectivity index (χ1n) is 10.7. The molecule has 2 aliphatic rings. The van der Waals surface area contributed by atoms with Crippen molar-refractivity contribution >= 4 is 40.7 Å². The molecule has 0 bridgehead atoms. The van der Waals surface area contributed by atoms with Crippen LogP contribution in [0.4, 0.5) is 4.39 Å². The lowest BCUT2D eigenvalue weighted by Gasteiger charge is -2.29. The number of hydrogen-bond donors (Lipinski definition) is 1. The van der Waals surface area contributed by atoms with Gasteiger partial charge in [0.1, 0.15) is 11.6 Å². The number of nitrogens with zero attached hydrogens (tertiary/aromatic N) is 2. The molecule has 1 atom stereocenters. The van der Waals surface area contributed by atoms with E-state index in [1.165, 1.54) is 29.2 Å². The number of likely N-dealkylation sites (tertiary alicyclic amines) is 1. The Balaban J connectivity index is 1.69. The summed E-state index contributed by atoms with van der Waals surface area (Å²) in [6.45, 7) is 4.04. The van der Waals surface area contributed by atoms with Gasteiger partial charge < -0.3 is 14.7 Å². The number of aliphatic hydroxyl groups is 1. The van der Waals surface area contributed by atoms with Gasteiger partial charge in [-0.3, -0.25) is 14.5 Å². The van der Waals surface area contributed by atoms with Crippen molar-refractivity contribution in [3.63, 3.8) is 0 Å². The Morgan fingerprint density at radius 1 is 1.03 bits per heavy atom. The minimum atomic E-state index is -0.838. The number of carbonyl (C=O) groups excluding carboxylic acids is 2. The number of Topliss-reactive ketones (excluding diaryl/α,β-unsaturated/α-hetero) is 1. The van der Waals surface area contributed by atoms with Crippen molar-refractivity contribution in [3.05, 3.63) is 75.0 Å². The van der Waals surface area contributed by atoms with Crippen molar-refractivity contribution < 1.29 is 23.8 Å². The van der Waals surface area contributed by atoms with Crippen molar-refractivity contribution in [2.75, 3.05) is 39.4 Å². The molecule has 6 nitrogen and oxygen atoms in total. The number of amides is 1. The molecule has 1 N–H and O–H groups in total. The van der Waals surface area contributed by atoms with Gasteiger partial charge in [-0.2, -0.15) is 0 Å². The van der Waals surface area contributed by atoms with Crippen LogP contribution in [0.2, 0.25) is 10.0 Å². The first kappa shape index (κ1) is 23.7. The van der Waals surface area contributed by atoms with Crippen molar-refractivity contribution in [1.82, 2.24) is 9.80 Å². The Hall–Kier alpha value is -2.45. The Morgan fingerprint density at radius 3 is 2.39 bits per heavy atom. The van der Waals surface area contributed by atoms with Crippen LogP contribution in [0.25, 0.3) is 5.76 Å². The summed E-state index contributed by atoms with van der Waals surface area (Å²) in [5.41, 5.74) is 0.739. The van der Waals surface area contributed by atoms with Crippen LogP contribution in [0.15, 0.2) is 48.0 Å². The van der Waals surface area contributed by atoms with Crippen LogP contribution < -0.4 is 0 Å². The molecule has 0 saturated carbocycles. The molecule has 2 fully saturated rings. The van der Waals surface area contributed by atoms with E-state index in [9.17, 15) is 19.1 Å². The lowest BCUT2D eigenvalue weighted by atomic mass is 9.95. The Labute approximate surface area is 201 Å². The van der Waals surface area contributed by atoms with Crippen molar-refractivity contribution in [2.45, 2.75) is 12.5 Å². The summed E-state index contributed by atoms with van der Waals surface area (Å²) >= 11 is 12.3. The highest BCUT2D eigenvalue weighted by molar-refractivity contribution is 6.46. The van der Waals surface area contributed by atoms with Gasteiger partial charge in [-0.25, -0.2) is 4.39 Å². The molecule has 1 amide bonds. The predicted octanol–water partition coefficient (Wildman–Crippen LogP) is 4.28. The van der Waals surface area contributed by atoms with E-state index in [2.05, 4.69) is 4.90 Å². The molecule has 0 spiro atoms. The lowest BCUT2D eigenvalue weighted by molar-refractivity contribution is -0.140. The fraction of sp³-hybridized carbons (Fsp3) is 0.333. The average Bonchev–Trinajstić information content (AvgIpc) is 3.06. The third kappa shape index (κ3) is 5.06. The number of halogens is 3. The molecular formula is C24H23Cl2FN2O4. The van der Waals surface area contributed by atoms with E-state index in [0.29, 0.717) is 36.8 Å². The molecule has 9 heteroatoms. The van der Waals surface area contributed by atoms with Crippen molar-refractivity contribution in [2.24, 2.45) is 0 Å². The number of carbonyl (C=O) groups is 2. The standard InChI is InChI=1S/C24H23Cl2FN2O4/c25-18-7-4-16(14-19(18)26)21-20(22(30)15-2-5-17(27)6-3-15)23(31)24(32)29(21)9-1-8-28-10-12-33-13-11-28/h2-7,14,21,30H,1,8-13H2/t21-/m0/s1. The number of aliphatic hydroxyl groups excluding tert-OH is 1. The molecule has 33 heavy (non-hydrogen) atoms. The molecule has 0 radical (unpaired) electrons. The topological polar surface area (TPSA) is 70.1 Å². The van der Waals surface area contributed by atoms with E-state index in [4.69, 9.17) is 27.9 Å². The zero-order chi connectivity index (χ0) is 23.5.